The van der Waals surface area contributed by atoms with Gasteiger partial charge in [-0.15, -0.1) is 11.3 Å². The molecule has 0 bridgehead atoms. The van der Waals surface area contributed by atoms with E-state index >= 15 is 0 Å². The predicted octanol–water partition coefficient (Wildman–Crippen LogP) is 2.21. The van der Waals surface area contributed by atoms with E-state index in [4.69, 9.17) is 9.31 Å². The summed E-state index contributed by atoms with van der Waals surface area (Å²) in [6.45, 7) is 10.1. The highest BCUT2D eigenvalue weighted by molar-refractivity contribution is 7.09. The smallest absolute Gasteiger partial charge is 0.398 e. The summed E-state index contributed by atoms with van der Waals surface area (Å²) in [6, 6.07) is 0. The van der Waals surface area contributed by atoms with E-state index in [0.717, 1.165) is 16.4 Å². The molecule has 0 N–H and O–H groups in total. The summed E-state index contributed by atoms with van der Waals surface area (Å²) in [5.74, 6) is 0. The fourth-order valence-electron chi connectivity index (χ4n) is 2.06. The maximum atomic E-state index is 6.00. The lowest BCUT2D eigenvalue weighted by atomic mass is 9.85. The van der Waals surface area contributed by atoms with Crippen LogP contribution in [0.25, 0.3) is 11.4 Å². The predicted molar refractivity (Wildman–Crippen MR) is 83.6 cm³/mol. The summed E-state index contributed by atoms with van der Waals surface area (Å²) in [5, 5.41) is 2.99. The first-order valence-corrected chi connectivity index (χ1v) is 7.76. The molecule has 0 aromatic carbocycles. The maximum Gasteiger partial charge on any atom is 0.516 e. The van der Waals surface area contributed by atoms with E-state index < -0.39 is 7.12 Å². The molecule has 5 nitrogen and oxygen atoms in total. The summed E-state index contributed by atoms with van der Waals surface area (Å²) in [6.07, 6.45) is 3.40. The largest absolute Gasteiger partial charge is 0.516 e. The van der Waals surface area contributed by atoms with Crippen LogP contribution in [0.15, 0.2) is 17.8 Å². The molecule has 0 unspecified atom stereocenters. The minimum Gasteiger partial charge on any atom is -0.398 e. The number of hydrogen-bond acceptors (Lipinski definition) is 6. The quantitative estimate of drug-likeness (QED) is 0.796. The molecule has 0 saturated carbocycles. The summed E-state index contributed by atoms with van der Waals surface area (Å²) < 4.78 is 12.0. The van der Waals surface area contributed by atoms with Gasteiger partial charge in [-0.1, -0.05) is 0 Å². The molecular formula is C14H18BN3O2S. The molecule has 21 heavy (non-hydrogen) atoms. The maximum absolute atomic E-state index is 6.00. The minimum absolute atomic E-state index is 0.382. The Bertz CT molecular complexity index is 656. The lowest BCUT2D eigenvalue weighted by molar-refractivity contribution is 0.00578. The van der Waals surface area contributed by atoms with Crippen molar-refractivity contribution < 1.29 is 9.31 Å². The molecule has 0 amide bonds. The number of hydrogen-bond donors (Lipinski definition) is 0. The van der Waals surface area contributed by atoms with Gasteiger partial charge in [-0.05, 0) is 34.6 Å². The van der Waals surface area contributed by atoms with Gasteiger partial charge in [-0.3, -0.25) is 9.97 Å². The van der Waals surface area contributed by atoms with Gasteiger partial charge in [0, 0.05) is 11.6 Å². The molecule has 1 aliphatic heterocycles. The Morgan fingerprint density at radius 3 is 2.24 bits per heavy atom. The van der Waals surface area contributed by atoms with Crippen molar-refractivity contribution in [2.45, 2.75) is 45.8 Å². The van der Waals surface area contributed by atoms with Crippen LogP contribution in [0.3, 0.4) is 0 Å². The van der Waals surface area contributed by atoms with Gasteiger partial charge in [0.15, 0.2) is 0 Å². The Kier molecular flexibility index (Phi) is 3.39. The van der Waals surface area contributed by atoms with E-state index in [-0.39, 0.29) is 11.2 Å². The van der Waals surface area contributed by atoms with Gasteiger partial charge in [-0.2, -0.15) is 0 Å². The third-order valence-corrected chi connectivity index (χ3v) is 4.80. The van der Waals surface area contributed by atoms with Crippen LogP contribution in [0.2, 0.25) is 0 Å². The van der Waals surface area contributed by atoms with E-state index in [1.54, 1.807) is 23.7 Å². The molecule has 110 valence electrons. The molecule has 2 aromatic rings. The highest BCUT2D eigenvalue weighted by atomic mass is 32.1. The van der Waals surface area contributed by atoms with Crippen LogP contribution in [0, 0.1) is 6.92 Å². The summed E-state index contributed by atoms with van der Waals surface area (Å²) in [7, 11) is -0.498. The van der Waals surface area contributed by atoms with E-state index in [9.17, 15) is 0 Å². The third-order valence-electron chi connectivity index (χ3n) is 4.03. The Balaban J connectivity index is 1.91. The molecule has 3 rings (SSSR count). The van der Waals surface area contributed by atoms with Crippen LogP contribution in [0.4, 0.5) is 0 Å². The van der Waals surface area contributed by atoms with Gasteiger partial charge in [-0.25, -0.2) is 4.98 Å². The molecule has 0 spiro atoms. The standard InChI is InChI=1S/C14H18BN3O2S/c1-9-17-11(8-21-9)10-6-16-7-12(18-10)15-19-13(2,3)14(4,5)20-15/h6-8H,1-5H3. The molecule has 2 aromatic heterocycles. The summed E-state index contributed by atoms with van der Waals surface area (Å²) in [5.41, 5.74) is 1.49. The van der Waals surface area contributed by atoms with Crippen molar-refractivity contribution in [3.63, 3.8) is 0 Å². The second-order valence-corrected chi connectivity index (χ2v) is 7.23. The van der Waals surface area contributed by atoms with Crippen LogP contribution < -0.4 is 5.59 Å². The Morgan fingerprint density at radius 2 is 1.67 bits per heavy atom. The van der Waals surface area contributed by atoms with Crippen LogP contribution >= 0.6 is 11.3 Å². The van der Waals surface area contributed by atoms with Crippen molar-refractivity contribution in [1.82, 2.24) is 15.0 Å². The van der Waals surface area contributed by atoms with Gasteiger partial charge in [0.1, 0.15) is 11.4 Å². The van der Waals surface area contributed by atoms with E-state index in [1.165, 1.54) is 0 Å². The van der Waals surface area contributed by atoms with Crippen molar-refractivity contribution in [3.05, 3.63) is 22.8 Å². The first-order chi connectivity index (χ1) is 9.78. The molecule has 3 heterocycles. The Hall–Kier alpha value is -1.31. The number of nitrogens with zero attached hydrogens (tertiary/aromatic N) is 3. The highest BCUT2D eigenvalue weighted by Gasteiger charge is 2.52. The first-order valence-electron chi connectivity index (χ1n) is 6.89. The number of aryl methyl sites for hydroxylation is 1. The fraction of sp³-hybridized carbons (Fsp3) is 0.500. The second kappa shape index (κ2) is 4.86. The van der Waals surface area contributed by atoms with Crippen molar-refractivity contribution in [3.8, 4) is 11.4 Å². The number of thiazole rings is 1. The topological polar surface area (TPSA) is 57.1 Å². The summed E-state index contributed by atoms with van der Waals surface area (Å²) in [4.78, 5) is 13.3. The lowest BCUT2D eigenvalue weighted by Crippen LogP contribution is -2.41. The average molecular weight is 303 g/mol. The van der Waals surface area contributed by atoms with Gasteiger partial charge < -0.3 is 9.31 Å². The van der Waals surface area contributed by atoms with Crippen LogP contribution in [0.1, 0.15) is 32.7 Å². The molecule has 0 radical (unpaired) electrons. The Morgan fingerprint density at radius 1 is 1.00 bits per heavy atom. The normalized spacial score (nSPS) is 20.0. The first kappa shape index (κ1) is 14.6. The van der Waals surface area contributed by atoms with Gasteiger partial charge in [0.05, 0.1) is 28.0 Å². The molecule has 1 aliphatic rings. The van der Waals surface area contributed by atoms with E-state index in [0.29, 0.717) is 5.59 Å². The van der Waals surface area contributed by atoms with Crippen molar-refractivity contribution in [2.24, 2.45) is 0 Å². The fourth-order valence-corrected chi connectivity index (χ4v) is 2.67. The second-order valence-electron chi connectivity index (χ2n) is 6.17. The van der Waals surface area contributed by atoms with Crippen LogP contribution in [-0.2, 0) is 9.31 Å². The van der Waals surface area contributed by atoms with Gasteiger partial charge >= 0.3 is 7.12 Å². The van der Waals surface area contributed by atoms with Crippen molar-refractivity contribution in [1.29, 1.82) is 0 Å². The number of aromatic nitrogens is 3. The van der Waals surface area contributed by atoms with Crippen molar-refractivity contribution in [2.75, 3.05) is 0 Å². The number of rotatable bonds is 2. The zero-order valence-electron chi connectivity index (χ0n) is 12.9. The monoisotopic (exact) mass is 303 g/mol. The minimum atomic E-state index is -0.498. The lowest BCUT2D eigenvalue weighted by Gasteiger charge is -2.32. The summed E-state index contributed by atoms with van der Waals surface area (Å²) >= 11 is 1.60. The van der Waals surface area contributed by atoms with Gasteiger partial charge in [0.2, 0.25) is 0 Å². The van der Waals surface area contributed by atoms with E-state index in [1.807, 2.05) is 40.0 Å². The van der Waals surface area contributed by atoms with Crippen LogP contribution in [0.5, 0.6) is 0 Å². The molecule has 0 atom stereocenters. The molecule has 7 heteroatoms. The van der Waals surface area contributed by atoms with Gasteiger partial charge in [0.25, 0.3) is 0 Å². The zero-order chi connectivity index (χ0) is 15.3. The zero-order valence-corrected chi connectivity index (χ0v) is 13.7. The third kappa shape index (κ3) is 2.61. The molecular weight excluding hydrogens is 285 g/mol. The van der Waals surface area contributed by atoms with Crippen LogP contribution in [-0.4, -0.2) is 33.3 Å². The van der Waals surface area contributed by atoms with E-state index in [2.05, 4.69) is 15.0 Å². The molecule has 0 aliphatic carbocycles. The highest BCUT2D eigenvalue weighted by Crippen LogP contribution is 2.36. The average Bonchev–Trinajstić information content (AvgIpc) is 2.92. The molecule has 1 fully saturated rings. The van der Waals surface area contributed by atoms with Crippen molar-refractivity contribution >= 4 is 24.0 Å². The SMILES string of the molecule is Cc1nc(-c2cncc(B3OC(C)(C)C(C)(C)O3)n2)cs1. The molecule has 1 saturated heterocycles. The Labute approximate surface area is 128 Å².